The minimum atomic E-state index is -0.285. The molecule has 0 bridgehead atoms. The predicted octanol–water partition coefficient (Wildman–Crippen LogP) is 4.66. The maximum atomic E-state index is 13.4. The van der Waals surface area contributed by atoms with Crippen molar-refractivity contribution in [1.29, 1.82) is 0 Å². The lowest BCUT2D eigenvalue weighted by Gasteiger charge is -2.32. The highest BCUT2D eigenvalue weighted by Crippen LogP contribution is 2.27. The van der Waals surface area contributed by atoms with Crippen LogP contribution < -0.4 is 15.0 Å². The number of ketones is 1. The maximum Gasteiger partial charge on any atom is 0.274 e. The Morgan fingerprint density at radius 2 is 1.68 bits per heavy atom. The van der Waals surface area contributed by atoms with Crippen LogP contribution >= 0.6 is 0 Å². The number of hydrogen-bond donors (Lipinski definition) is 0. The third-order valence-electron chi connectivity index (χ3n) is 7.17. The van der Waals surface area contributed by atoms with E-state index < -0.39 is 0 Å². The summed E-state index contributed by atoms with van der Waals surface area (Å²) in [6, 6.07) is 19.0. The van der Waals surface area contributed by atoms with Gasteiger partial charge >= 0.3 is 0 Å². The van der Waals surface area contributed by atoms with Gasteiger partial charge in [0, 0.05) is 31.0 Å². The van der Waals surface area contributed by atoms with E-state index >= 15 is 0 Å². The second kappa shape index (κ2) is 11.1. The monoisotopic (exact) mass is 515 g/mol. The highest BCUT2D eigenvalue weighted by molar-refractivity contribution is 6.00. The molecule has 1 aromatic heterocycles. The van der Waals surface area contributed by atoms with Gasteiger partial charge in [-0.05, 0) is 48.7 Å². The molecule has 1 fully saturated rings. The molecule has 1 aliphatic heterocycles. The summed E-state index contributed by atoms with van der Waals surface area (Å²) in [5, 5.41) is 6.25. The third-order valence-corrected chi connectivity index (χ3v) is 7.17. The first kappa shape index (κ1) is 25.6. The van der Waals surface area contributed by atoms with E-state index in [0.717, 1.165) is 16.6 Å². The summed E-state index contributed by atoms with van der Waals surface area (Å²) in [7, 11) is 3.11. The molecule has 1 saturated heterocycles. The van der Waals surface area contributed by atoms with Crippen molar-refractivity contribution in [3.8, 4) is 11.5 Å². The van der Waals surface area contributed by atoms with E-state index in [9.17, 15) is 14.0 Å². The van der Waals surface area contributed by atoms with E-state index in [0.29, 0.717) is 54.8 Å². The molecular formula is C30H30FN3O4. The van der Waals surface area contributed by atoms with Crippen LogP contribution in [0, 0.1) is 5.82 Å². The first-order valence-corrected chi connectivity index (χ1v) is 12.7. The van der Waals surface area contributed by atoms with Gasteiger partial charge in [0.2, 0.25) is 0 Å². The zero-order valence-electron chi connectivity index (χ0n) is 21.5. The first-order valence-electron chi connectivity index (χ1n) is 12.7. The molecule has 0 saturated carbocycles. The SMILES string of the molecule is COc1ccc(C(=O)CN2CCC(n3nc(Cc4ccc(F)cc4)c4ccccc4c3=O)CC2)c(OC)c1. The average Bonchev–Trinajstić information content (AvgIpc) is 2.95. The lowest BCUT2D eigenvalue weighted by Crippen LogP contribution is -2.41. The molecule has 8 heteroatoms. The topological polar surface area (TPSA) is 73.7 Å². The van der Waals surface area contributed by atoms with Gasteiger partial charge < -0.3 is 9.47 Å². The van der Waals surface area contributed by atoms with Gasteiger partial charge in [-0.3, -0.25) is 14.5 Å². The maximum absolute atomic E-state index is 13.4. The van der Waals surface area contributed by atoms with Crippen molar-refractivity contribution in [3.05, 3.63) is 99.7 Å². The summed E-state index contributed by atoms with van der Waals surface area (Å²) in [6.07, 6.45) is 1.90. The fourth-order valence-corrected chi connectivity index (χ4v) is 5.09. The number of rotatable bonds is 8. The summed E-state index contributed by atoms with van der Waals surface area (Å²) in [5.74, 6) is 0.814. The van der Waals surface area contributed by atoms with Gasteiger partial charge in [-0.25, -0.2) is 9.07 Å². The van der Waals surface area contributed by atoms with E-state index in [2.05, 4.69) is 4.90 Å². The molecule has 196 valence electrons. The Morgan fingerprint density at radius 1 is 0.974 bits per heavy atom. The Bertz CT molecular complexity index is 1510. The van der Waals surface area contributed by atoms with Crippen molar-refractivity contribution in [3.63, 3.8) is 0 Å². The Labute approximate surface area is 220 Å². The Kier molecular flexibility index (Phi) is 7.51. The molecule has 2 heterocycles. The number of Topliss-reactive ketones (excluding diaryl/α,β-unsaturated/α-hetero) is 1. The van der Waals surface area contributed by atoms with E-state index in [1.807, 2.05) is 24.3 Å². The summed E-state index contributed by atoms with van der Waals surface area (Å²) in [5.41, 5.74) is 2.13. The van der Waals surface area contributed by atoms with Gasteiger partial charge in [0.25, 0.3) is 5.56 Å². The fraction of sp³-hybridized carbons (Fsp3) is 0.300. The van der Waals surface area contributed by atoms with Crippen molar-refractivity contribution in [2.24, 2.45) is 0 Å². The summed E-state index contributed by atoms with van der Waals surface area (Å²) in [6.45, 7) is 1.61. The molecule has 0 atom stereocenters. The highest BCUT2D eigenvalue weighted by Gasteiger charge is 2.26. The quantitative estimate of drug-likeness (QED) is 0.318. The first-order chi connectivity index (χ1) is 18.5. The average molecular weight is 516 g/mol. The standard InChI is InChI=1S/C30H30FN3O4/c1-37-23-11-12-26(29(18-23)38-2)28(35)19-33-15-13-22(14-16-33)34-30(36)25-6-4-3-5-24(25)27(32-34)17-20-7-9-21(31)10-8-20/h3-12,18,22H,13-17,19H2,1-2H3. The van der Waals surface area contributed by atoms with Gasteiger partial charge in [-0.1, -0.05) is 30.3 Å². The smallest absolute Gasteiger partial charge is 0.274 e. The number of carbonyl (C=O) groups excluding carboxylic acids is 1. The van der Waals surface area contributed by atoms with Crippen LogP contribution in [0.3, 0.4) is 0 Å². The number of hydrogen-bond acceptors (Lipinski definition) is 6. The molecule has 0 spiro atoms. The molecule has 5 rings (SSSR count). The minimum absolute atomic E-state index is 0.0227. The number of ether oxygens (including phenoxy) is 2. The second-order valence-electron chi connectivity index (χ2n) is 9.54. The van der Waals surface area contributed by atoms with E-state index in [4.69, 9.17) is 14.6 Å². The lowest BCUT2D eigenvalue weighted by molar-refractivity contribution is 0.0890. The molecule has 4 aromatic rings. The molecule has 7 nitrogen and oxygen atoms in total. The molecule has 38 heavy (non-hydrogen) atoms. The van der Waals surface area contributed by atoms with Gasteiger partial charge in [0.15, 0.2) is 5.78 Å². The van der Waals surface area contributed by atoms with Crippen molar-refractivity contribution in [1.82, 2.24) is 14.7 Å². The van der Waals surface area contributed by atoms with Crippen LogP contribution in [0.5, 0.6) is 11.5 Å². The van der Waals surface area contributed by atoms with Crippen LogP contribution in [0.1, 0.15) is 40.5 Å². The Morgan fingerprint density at radius 3 is 2.37 bits per heavy atom. The molecule has 1 aliphatic rings. The van der Waals surface area contributed by atoms with Gasteiger partial charge in [-0.15, -0.1) is 0 Å². The molecule has 0 N–H and O–H groups in total. The van der Waals surface area contributed by atoms with Crippen LogP contribution in [0.2, 0.25) is 0 Å². The molecular weight excluding hydrogens is 485 g/mol. The summed E-state index contributed by atoms with van der Waals surface area (Å²) < 4.78 is 25.7. The van der Waals surface area contributed by atoms with Gasteiger partial charge in [0.1, 0.15) is 17.3 Å². The van der Waals surface area contributed by atoms with Crippen molar-refractivity contribution >= 4 is 16.6 Å². The summed E-state index contributed by atoms with van der Waals surface area (Å²) in [4.78, 5) is 28.5. The van der Waals surface area contributed by atoms with Gasteiger partial charge in [0.05, 0.1) is 43.4 Å². The van der Waals surface area contributed by atoms with Crippen molar-refractivity contribution in [2.75, 3.05) is 33.9 Å². The number of carbonyl (C=O) groups is 1. The minimum Gasteiger partial charge on any atom is -0.497 e. The Balaban J connectivity index is 1.33. The number of fused-ring (bicyclic) bond motifs is 1. The normalized spacial score (nSPS) is 14.5. The molecule has 0 unspecified atom stereocenters. The molecule has 0 aliphatic carbocycles. The molecule has 0 radical (unpaired) electrons. The number of piperidine rings is 1. The van der Waals surface area contributed by atoms with E-state index in [-0.39, 0.29) is 29.7 Å². The predicted molar refractivity (Wildman–Crippen MR) is 144 cm³/mol. The second-order valence-corrected chi connectivity index (χ2v) is 9.54. The number of likely N-dealkylation sites (tertiary alicyclic amines) is 1. The fourth-order valence-electron chi connectivity index (χ4n) is 5.09. The van der Waals surface area contributed by atoms with E-state index in [1.165, 1.54) is 19.2 Å². The molecule has 3 aromatic carbocycles. The molecule has 0 amide bonds. The Hall–Kier alpha value is -4.04. The third kappa shape index (κ3) is 5.31. The largest absolute Gasteiger partial charge is 0.497 e. The van der Waals surface area contributed by atoms with Crippen LogP contribution in [0.15, 0.2) is 71.5 Å². The van der Waals surface area contributed by atoms with Crippen LogP contribution in [-0.4, -0.2) is 54.3 Å². The number of halogens is 1. The zero-order chi connectivity index (χ0) is 26.6. The van der Waals surface area contributed by atoms with Crippen LogP contribution in [0.4, 0.5) is 4.39 Å². The lowest BCUT2D eigenvalue weighted by atomic mass is 10.0. The zero-order valence-corrected chi connectivity index (χ0v) is 21.5. The van der Waals surface area contributed by atoms with E-state index in [1.54, 1.807) is 42.1 Å². The van der Waals surface area contributed by atoms with Crippen LogP contribution in [0.25, 0.3) is 10.8 Å². The number of methoxy groups -OCH3 is 2. The van der Waals surface area contributed by atoms with Crippen molar-refractivity contribution in [2.45, 2.75) is 25.3 Å². The number of benzene rings is 3. The van der Waals surface area contributed by atoms with Crippen LogP contribution in [-0.2, 0) is 6.42 Å². The summed E-state index contributed by atoms with van der Waals surface area (Å²) >= 11 is 0. The van der Waals surface area contributed by atoms with Gasteiger partial charge in [-0.2, -0.15) is 5.10 Å². The number of nitrogens with zero attached hydrogens (tertiary/aromatic N) is 3. The highest BCUT2D eigenvalue weighted by atomic mass is 19.1. The van der Waals surface area contributed by atoms with Crippen molar-refractivity contribution < 1.29 is 18.7 Å². The number of aromatic nitrogens is 2.